The Morgan fingerprint density at radius 2 is 1.75 bits per heavy atom. The Balaban J connectivity index is 1.84. The Morgan fingerprint density at radius 1 is 1.08 bits per heavy atom. The van der Waals surface area contributed by atoms with Gasteiger partial charge in [-0.25, -0.2) is 13.8 Å². The van der Waals surface area contributed by atoms with Gasteiger partial charge in [-0.05, 0) is 80.9 Å². The van der Waals surface area contributed by atoms with Gasteiger partial charge in [-0.1, -0.05) is 29.3 Å². The molecule has 0 spiro atoms. The maximum atomic E-state index is 13.6. The van der Waals surface area contributed by atoms with Gasteiger partial charge in [0.2, 0.25) is 0 Å². The number of carbonyl (C=O) groups excluding carboxylic acids is 1. The highest BCUT2D eigenvalue weighted by molar-refractivity contribution is 7.92. The molecule has 3 aromatic carbocycles. The molecule has 0 aliphatic carbocycles. The van der Waals surface area contributed by atoms with Gasteiger partial charge < -0.3 is 9.47 Å². The van der Waals surface area contributed by atoms with Crippen molar-refractivity contribution < 1.29 is 22.7 Å². The second kappa shape index (κ2) is 11.9. The molecule has 10 heteroatoms. The number of anilines is 1. The lowest BCUT2D eigenvalue weighted by atomic mass is 10.2. The summed E-state index contributed by atoms with van der Waals surface area (Å²) in [6.45, 7) is 5.17. The number of hydrogen-bond donors (Lipinski definition) is 1. The molecule has 0 saturated heterocycles. The highest BCUT2D eigenvalue weighted by atomic mass is 35.5. The number of aryl methyl sites for hydroxylation is 1. The number of methoxy groups -OCH3 is 1. The molecular formula is C26H28ClN3O5S. The fraction of sp³-hybridized carbons (Fsp3) is 0.231. The molecule has 1 N–H and O–H groups in total. The number of benzene rings is 3. The van der Waals surface area contributed by atoms with Crippen molar-refractivity contribution in [2.45, 2.75) is 31.8 Å². The van der Waals surface area contributed by atoms with Gasteiger partial charge in [-0.2, -0.15) is 5.10 Å². The van der Waals surface area contributed by atoms with Crippen molar-refractivity contribution in [2.24, 2.45) is 5.10 Å². The molecule has 0 aliphatic rings. The Bertz CT molecular complexity index is 1320. The monoisotopic (exact) mass is 529 g/mol. The van der Waals surface area contributed by atoms with E-state index in [1.165, 1.54) is 37.6 Å². The average molecular weight is 530 g/mol. The van der Waals surface area contributed by atoms with Crippen LogP contribution in [-0.2, 0) is 14.8 Å². The van der Waals surface area contributed by atoms with Gasteiger partial charge >= 0.3 is 0 Å². The zero-order chi connectivity index (χ0) is 26.3. The minimum absolute atomic E-state index is 0.0233. The first kappa shape index (κ1) is 27.0. The van der Waals surface area contributed by atoms with Gasteiger partial charge in [0.15, 0.2) is 0 Å². The van der Waals surface area contributed by atoms with Crippen LogP contribution < -0.4 is 19.2 Å². The molecule has 0 aliphatic heterocycles. The largest absolute Gasteiger partial charge is 0.495 e. The van der Waals surface area contributed by atoms with Gasteiger partial charge in [0.05, 0.1) is 30.0 Å². The van der Waals surface area contributed by atoms with Crippen LogP contribution in [0.3, 0.4) is 0 Å². The molecular weight excluding hydrogens is 502 g/mol. The van der Waals surface area contributed by atoms with Crippen LogP contribution in [0.1, 0.15) is 25.0 Å². The SMILES string of the molecule is COc1ccc(Cl)cc1N(CC(=O)N/N=C\c1ccc(OC(C)C)cc1)S(=O)(=O)c1ccc(C)cc1. The van der Waals surface area contributed by atoms with Gasteiger partial charge in [-0.15, -0.1) is 0 Å². The Kier molecular flexibility index (Phi) is 8.95. The first-order valence-corrected chi connectivity index (χ1v) is 12.9. The van der Waals surface area contributed by atoms with Crippen LogP contribution in [-0.4, -0.2) is 40.3 Å². The number of rotatable bonds is 10. The summed E-state index contributed by atoms with van der Waals surface area (Å²) in [6.07, 6.45) is 1.51. The maximum Gasteiger partial charge on any atom is 0.264 e. The van der Waals surface area contributed by atoms with Crippen LogP contribution in [0.5, 0.6) is 11.5 Å². The number of nitrogens with zero attached hydrogens (tertiary/aromatic N) is 2. The summed E-state index contributed by atoms with van der Waals surface area (Å²) in [6, 6.07) is 18.1. The third-order valence-electron chi connectivity index (χ3n) is 4.96. The third-order valence-corrected chi connectivity index (χ3v) is 6.97. The summed E-state index contributed by atoms with van der Waals surface area (Å²) in [5.41, 5.74) is 4.14. The smallest absolute Gasteiger partial charge is 0.264 e. The van der Waals surface area contributed by atoms with Crippen molar-refractivity contribution in [2.75, 3.05) is 18.0 Å². The van der Waals surface area contributed by atoms with E-state index >= 15 is 0 Å². The number of halogens is 1. The zero-order valence-electron chi connectivity index (χ0n) is 20.4. The van der Waals surface area contributed by atoms with E-state index in [1.54, 1.807) is 42.5 Å². The van der Waals surface area contributed by atoms with Crippen LogP contribution in [0.2, 0.25) is 5.02 Å². The van der Waals surface area contributed by atoms with Crippen molar-refractivity contribution in [3.05, 3.63) is 82.9 Å². The molecule has 0 radical (unpaired) electrons. The van der Waals surface area contributed by atoms with Crippen molar-refractivity contribution in [1.29, 1.82) is 0 Å². The molecule has 36 heavy (non-hydrogen) atoms. The highest BCUT2D eigenvalue weighted by Gasteiger charge is 2.29. The summed E-state index contributed by atoms with van der Waals surface area (Å²) in [5.74, 6) is 0.317. The lowest BCUT2D eigenvalue weighted by molar-refractivity contribution is -0.119. The quantitative estimate of drug-likeness (QED) is 0.301. The predicted octanol–water partition coefficient (Wildman–Crippen LogP) is 4.79. The minimum Gasteiger partial charge on any atom is -0.495 e. The summed E-state index contributed by atoms with van der Waals surface area (Å²) in [5, 5.41) is 4.25. The second-order valence-corrected chi connectivity index (χ2v) is 10.5. The minimum atomic E-state index is -4.14. The maximum absolute atomic E-state index is 13.6. The molecule has 0 bridgehead atoms. The Morgan fingerprint density at radius 3 is 2.36 bits per heavy atom. The summed E-state index contributed by atoms with van der Waals surface area (Å²) in [4.78, 5) is 12.8. The lowest BCUT2D eigenvalue weighted by Gasteiger charge is -2.25. The molecule has 3 rings (SSSR count). The summed E-state index contributed by atoms with van der Waals surface area (Å²) < 4.78 is 39.0. The topological polar surface area (TPSA) is 97.3 Å². The second-order valence-electron chi connectivity index (χ2n) is 8.17. The van der Waals surface area contributed by atoms with Crippen molar-refractivity contribution in [3.8, 4) is 11.5 Å². The average Bonchev–Trinajstić information content (AvgIpc) is 2.83. The first-order chi connectivity index (χ1) is 17.1. The summed E-state index contributed by atoms with van der Waals surface area (Å²) >= 11 is 6.15. The molecule has 8 nitrogen and oxygen atoms in total. The van der Waals surface area contributed by atoms with Gasteiger partial charge in [0.25, 0.3) is 15.9 Å². The molecule has 190 valence electrons. The van der Waals surface area contributed by atoms with E-state index in [0.717, 1.165) is 21.2 Å². The third kappa shape index (κ3) is 6.99. The first-order valence-electron chi connectivity index (χ1n) is 11.1. The highest BCUT2D eigenvalue weighted by Crippen LogP contribution is 2.34. The molecule has 3 aromatic rings. The van der Waals surface area contributed by atoms with Crippen molar-refractivity contribution >= 4 is 39.4 Å². The van der Waals surface area contributed by atoms with Crippen molar-refractivity contribution in [1.82, 2.24) is 5.43 Å². The van der Waals surface area contributed by atoms with Gasteiger partial charge in [0.1, 0.15) is 18.0 Å². The number of carbonyl (C=O) groups is 1. The Labute approximate surface area is 216 Å². The number of sulfonamides is 1. The van der Waals surface area contributed by atoms with E-state index in [1.807, 2.05) is 20.8 Å². The molecule has 0 aromatic heterocycles. The fourth-order valence-corrected chi connectivity index (χ4v) is 4.83. The molecule has 0 unspecified atom stereocenters. The van der Waals surface area contributed by atoms with E-state index in [0.29, 0.717) is 5.02 Å². The van der Waals surface area contributed by atoms with Crippen LogP contribution in [0.25, 0.3) is 0 Å². The van der Waals surface area contributed by atoms with Crippen LogP contribution in [0, 0.1) is 6.92 Å². The molecule has 0 saturated carbocycles. The van der Waals surface area contributed by atoms with Gasteiger partial charge in [-0.3, -0.25) is 9.10 Å². The van der Waals surface area contributed by atoms with E-state index in [4.69, 9.17) is 21.1 Å². The van der Waals surface area contributed by atoms with Crippen LogP contribution in [0.15, 0.2) is 76.7 Å². The van der Waals surface area contributed by atoms with Crippen LogP contribution in [0.4, 0.5) is 5.69 Å². The number of hydrazone groups is 1. The Hall–Kier alpha value is -3.56. The lowest BCUT2D eigenvalue weighted by Crippen LogP contribution is -2.39. The summed E-state index contributed by atoms with van der Waals surface area (Å²) in [7, 11) is -2.73. The number of nitrogens with one attached hydrogen (secondary N) is 1. The van der Waals surface area contributed by atoms with E-state index < -0.39 is 22.5 Å². The standard InChI is InChI=1S/C26H28ClN3O5S/c1-18(2)35-22-10-7-20(8-11-22)16-28-29-26(31)17-30(24-15-21(27)9-14-25(24)34-4)36(32,33)23-12-5-19(3)6-13-23/h5-16,18H,17H2,1-4H3,(H,29,31)/b28-16-. The van der Waals surface area contributed by atoms with Gasteiger partial charge in [0, 0.05) is 5.02 Å². The predicted molar refractivity (Wildman–Crippen MR) is 142 cm³/mol. The van der Waals surface area contributed by atoms with E-state index in [2.05, 4.69) is 10.5 Å². The molecule has 0 atom stereocenters. The van der Waals surface area contributed by atoms with E-state index in [9.17, 15) is 13.2 Å². The normalized spacial score (nSPS) is 11.5. The number of hydrogen-bond acceptors (Lipinski definition) is 6. The zero-order valence-corrected chi connectivity index (χ0v) is 22.0. The molecule has 1 amide bonds. The van der Waals surface area contributed by atoms with Crippen molar-refractivity contribution in [3.63, 3.8) is 0 Å². The molecule has 0 fully saturated rings. The number of amides is 1. The van der Waals surface area contributed by atoms with E-state index in [-0.39, 0.29) is 22.4 Å². The number of ether oxygens (including phenoxy) is 2. The van der Waals surface area contributed by atoms with Crippen LogP contribution >= 0.6 is 11.6 Å². The fourth-order valence-electron chi connectivity index (χ4n) is 3.24. The molecule has 0 heterocycles.